The van der Waals surface area contributed by atoms with Gasteiger partial charge in [-0.3, -0.25) is 4.79 Å². The lowest BCUT2D eigenvalue weighted by Gasteiger charge is -2.27. The van der Waals surface area contributed by atoms with E-state index in [4.69, 9.17) is 15.2 Å². The zero-order chi connectivity index (χ0) is 13.0. The lowest BCUT2D eigenvalue weighted by atomic mass is 9.95. The Hall–Kier alpha value is -1.63. The summed E-state index contributed by atoms with van der Waals surface area (Å²) in [7, 11) is 1.69. The summed E-state index contributed by atoms with van der Waals surface area (Å²) < 4.78 is 12.0. The number of nitrogen functional groups attached to an aromatic ring is 1. The van der Waals surface area contributed by atoms with Crippen LogP contribution in [-0.2, 0) is 20.8 Å². The second kappa shape index (κ2) is 5.81. The van der Waals surface area contributed by atoms with Crippen molar-refractivity contribution >= 4 is 11.9 Å². The van der Waals surface area contributed by atoms with Gasteiger partial charge in [0, 0.05) is 13.5 Å². The Kier molecular flexibility index (Phi) is 4.14. The Morgan fingerprint density at radius 1 is 1.56 bits per heavy atom. The van der Waals surface area contributed by atoms with Crippen LogP contribution in [-0.4, -0.2) is 40.1 Å². The van der Waals surface area contributed by atoms with Crippen molar-refractivity contribution in [3.05, 3.63) is 6.33 Å². The predicted octanol–water partition coefficient (Wildman–Crippen LogP) is 0.361. The van der Waals surface area contributed by atoms with Gasteiger partial charge in [0.05, 0.1) is 6.10 Å². The minimum atomic E-state index is -0.318. The van der Waals surface area contributed by atoms with Gasteiger partial charge in [0.2, 0.25) is 5.95 Å². The SMILES string of the molecule is COC1CCCC(OC(=O)Cn2cnc(N)n2)C1. The fourth-order valence-electron chi connectivity index (χ4n) is 2.16. The molecule has 1 aromatic rings. The molecule has 0 aromatic carbocycles. The van der Waals surface area contributed by atoms with E-state index in [0.29, 0.717) is 0 Å². The average molecular weight is 254 g/mol. The molecule has 2 unspecified atom stereocenters. The van der Waals surface area contributed by atoms with Crippen LogP contribution in [0.2, 0.25) is 0 Å². The highest BCUT2D eigenvalue weighted by atomic mass is 16.5. The Bertz CT molecular complexity index is 407. The van der Waals surface area contributed by atoms with Gasteiger partial charge in [-0.25, -0.2) is 9.67 Å². The normalized spacial score (nSPS) is 23.8. The van der Waals surface area contributed by atoms with E-state index in [9.17, 15) is 4.79 Å². The number of carbonyl (C=O) groups is 1. The van der Waals surface area contributed by atoms with Crippen molar-refractivity contribution in [2.75, 3.05) is 12.8 Å². The summed E-state index contributed by atoms with van der Waals surface area (Å²) in [5, 5.41) is 3.83. The van der Waals surface area contributed by atoms with Gasteiger partial charge in [0.25, 0.3) is 0 Å². The van der Waals surface area contributed by atoms with Crippen molar-refractivity contribution in [3.8, 4) is 0 Å². The first kappa shape index (κ1) is 12.8. The molecule has 2 rings (SSSR count). The molecule has 0 aliphatic heterocycles. The summed E-state index contributed by atoms with van der Waals surface area (Å²) in [6.45, 7) is 0.0400. The third-order valence-electron chi connectivity index (χ3n) is 3.05. The van der Waals surface area contributed by atoms with Crippen molar-refractivity contribution in [1.82, 2.24) is 14.8 Å². The van der Waals surface area contributed by atoms with Crippen molar-refractivity contribution in [1.29, 1.82) is 0 Å². The Balaban J connectivity index is 1.80. The van der Waals surface area contributed by atoms with E-state index in [1.54, 1.807) is 7.11 Å². The highest BCUT2D eigenvalue weighted by molar-refractivity contribution is 5.69. The topological polar surface area (TPSA) is 92.3 Å². The predicted molar refractivity (Wildman–Crippen MR) is 63.6 cm³/mol. The first-order chi connectivity index (χ1) is 8.67. The first-order valence-corrected chi connectivity index (χ1v) is 6.04. The summed E-state index contributed by atoms with van der Waals surface area (Å²) in [6, 6.07) is 0. The highest BCUT2D eigenvalue weighted by Gasteiger charge is 2.24. The number of carbonyl (C=O) groups excluding carboxylic acids is 1. The molecule has 1 aromatic heterocycles. The third-order valence-corrected chi connectivity index (χ3v) is 3.05. The van der Waals surface area contributed by atoms with Crippen LogP contribution in [0.15, 0.2) is 6.33 Å². The summed E-state index contributed by atoms with van der Waals surface area (Å²) in [5.41, 5.74) is 5.36. The minimum Gasteiger partial charge on any atom is -0.461 e. The van der Waals surface area contributed by atoms with Crippen LogP contribution in [0.4, 0.5) is 5.95 Å². The van der Waals surface area contributed by atoms with Gasteiger partial charge in [-0.05, 0) is 19.3 Å². The van der Waals surface area contributed by atoms with E-state index in [-0.39, 0.29) is 30.7 Å². The number of aromatic nitrogens is 3. The maximum Gasteiger partial charge on any atom is 0.328 e. The molecule has 0 bridgehead atoms. The second-order valence-corrected chi connectivity index (χ2v) is 4.44. The van der Waals surface area contributed by atoms with E-state index in [1.807, 2.05) is 0 Å². The molecule has 2 N–H and O–H groups in total. The van der Waals surface area contributed by atoms with Gasteiger partial charge in [-0.15, -0.1) is 5.10 Å². The van der Waals surface area contributed by atoms with Crippen LogP contribution in [0.3, 0.4) is 0 Å². The maximum atomic E-state index is 11.7. The highest BCUT2D eigenvalue weighted by Crippen LogP contribution is 2.23. The summed E-state index contributed by atoms with van der Waals surface area (Å²) in [5.74, 6) is -0.165. The fourth-order valence-corrected chi connectivity index (χ4v) is 2.16. The summed E-state index contributed by atoms with van der Waals surface area (Å²) in [4.78, 5) is 15.4. The quantitative estimate of drug-likeness (QED) is 0.780. The second-order valence-electron chi connectivity index (χ2n) is 4.44. The average Bonchev–Trinajstić information content (AvgIpc) is 2.74. The fraction of sp³-hybridized carbons (Fsp3) is 0.727. The van der Waals surface area contributed by atoms with Crippen LogP contribution in [0, 0.1) is 0 Å². The van der Waals surface area contributed by atoms with Crippen LogP contribution in [0.25, 0.3) is 0 Å². The Morgan fingerprint density at radius 2 is 2.33 bits per heavy atom. The molecule has 1 heterocycles. The van der Waals surface area contributed by atoms with Crippen LogP contribution < -0.4 is 5.73 Å². The molecule has 0 saturated heterocycles. The molecule has 2 atom stereocenters. The van der Waals surface area contributed by atoms with Crippen molar-refractivity contribution in [2.24, 2.45) is 0 Å². The lowest BCUT2D eigenvalue weighted by Crippen LogP contribution is -2.30. The monoisotopic (exact) mass is 254 g/mol. The maximum absolute atomic E-state index is 11.7. The van der Waals surface area contributed by atoms with Crippen molar-refractivity contribution in [3.63, 3.8) is 0 Å². The van der Waals surface area contributed by atoms with E-state index < -0.39 is 0 Å². The van der Waals surface area contributed by atoms with Gasteiger partial charge < -0.3 is 15.2 Å². The van der Waals surface area contributed by atoms with Crippen LogP contribution in [0.5, 0.6) is 0 Å². The van der Waals surface area contributed by atoms with Gasteiger partial charge in [0.1, 0.15) is 19.0 Å². The van der Waals surface area contributed by atoms with Crippen molar-refractivity contribution < 1.29 is 14.3 Å². The number of ether oxygens (including phenoxy) is 2. The molecule has 1 fully saturated rings. The van der Waals surface area contributed by atoms with E-state index >= 15 is 0 Å². The molecule has 0 amide bonds. The van der Waals surface area contributed by atoms with Gasteiger partial charge in [-0.1, -0.05) is 0 Å². The van der Waals surface area contributed by atoms with E-state index in [0.717, 1.165) is 25.7 Å². The van der Waals surface area contributed by atoms with Crippen LogP contribution in [0.1, 0.15) is 25.7 Å². The molecule has 18 heavy (non-hydrogen) atoms. The summed E-state index contributed by atoms with van der Waals surface area (Å²) in [6.07, 6.45) is 5.26. The number of nitrogens with zero attached hydrogens (tertiary/aromatic N) is 3. The first-order valence-electron chi connectivity index (χ1n) is 6.04. The number of rotatable bonds is 4. The molecule has 1 saturated carbocycles. The molecule has 1 aliphatic carbocycles. The Morgan fingerprint density at radius 3 is 3.00 bits per heavy atom. The molecule has 7 nitrogen and oxygen atoms in total. The van der Waals surface area contributed by atoms with Gasteiger partial charge in [0.15, 0.2) is 0 Å². The molecule has 0 radical (unpaired) electrons. The largest absolute Gasteiger partial charge is 0.461 e. The van der Waals surface area contributed by atoms with E-state index in [1.165, 1.54) is 11.0 Å². The lowest BCUT2D eigenvalue weighted by molar-refractivity contribution is -0.153. The summed E-state index contributed by atoms with van der Waals surface area (Å²) >= 11 is 0. The zero-order valence-corrected chi connectivity index (χ0v) is 10.4. The number of hydrogen-bond donors (Lipinski definition) is 1. The number of methoxy groups -OCH3 is 1. The number of esters is 1. The van der Waals surface area contributed by atoms with Crippen LogP contribution >= 0.6 is 0 Å². The third kappa shape index (κ3) is 3.43. The van der Waals surface area contributed by atoms with E-state index in [2.05, 4.69) is 10.1 Å². The molecule has 1 aliphatic rings. The molecular weight excluding hydrogens is 236 g/mol. The number of hydrogen-bond acceptors (Lipinski definition) is 6. The number of nitrogens with two attached hydrogens (primary N) is 1. The molecule has 7 heteroatoms. The minimum absolute atomic E-state index is 0.0400. The number of anilines is 1. The molecule has 0 spiro atoms. The zero-order valence-electron chi connectivity index (χ0n) is 10.4. The Labute approximate surface area is 105 Å². The standard InChI is InChI=1S/C11H18N4O3/c1-17-8-3-2-4-9(5-8)18-10(16)6-15-7-13-11(12)14-15/h7-9H,2-6H2,1H3,(H2,12,14). The van der Waals surface area contributed by atoms with Gasteiger partial charge >= 0.3 is 5.97 Å². The molecule has 100 valence electrons. The van der Waals surface area contributed by atoms with Gasteiger partial charge in [-0.2, -0.15) is 0 Å². The smallest absolute Gasteiger partial charge is 0.328 e. The molecular formula is C11H18N4O3. The van der Waals surface area contributed by atoms with Crippen molar-refractivity contribution in [2.45, 2.75) is 44.4 Å².